The minimum absolute atomic E-state index is 0.0915. The van der Waals surface area contributed by atoms with Crippen LogP contribution in [0.1, 0.15) is 32.1 Å². The molecule has 0 amide bonds. The van der Waals surface area contributed by atoms with Gasteiger partial charge in [-0.1, -0.05) is 12.8 Å². The zero-order valence-electron chi connectivity index (χ0n) is 16.9. The standard InChI is InChI=1S/C18H39N5O6/c19-5-3-1-2-4-6-27-17-11(8-20)28-18(12(23)14(17)25)29-16-10(22)7-9(21)13(24)15(16)26/h9-18,24-26H,1-8,19-23H2/t9?,10?,11-,12-,13?,14-,15?,16?,17-,18-/m1/s1. The summed E-state index contributed by atoms with van der Waals surface area (Å²) in [4.78, 5) is 0. The van der Waals surface area contributed by atoms with Crippen molar-refractivity contribution in [2.24, 2.45) is 28.7 Å². The largest absolute Gasteiger partial charge is 0.389 e. The molecule has 172 valence electrons. The van der Waals surface area contributed by atoms with Crippen LogP contribution >= 0.6 is 0 Å². The Morgan fingerprint density at radius 1 is 0.828 bits per heavy atom. The summed E-state index contributed by atoms with van der Waals surface area (Å²) in [6.45, 7) is 1.21. The molecule has 0 aromatic heterocycles. The van der Waals surface area contributed by atoms with E-state index in [-0.39, 0.29) is 13.0 Å². The molecule has 0 aromatic rings. The van der Waals surface area contributed by atoms with E-state index in [4.69, 9.17) is 42.9 Å². The van der Waals surface area contributed by atoms with Crippen LogP contribution in [-0.2, 0) is 14.2 Å². The number of unbranched alkanes of at least 4 members (excludes halogenated alkanes) is 3. The van der Waals surface area contributed by atoms with Crippen molar-refractivity contribution in [3.63, 3.8) is 0 Å². The van der Waals surface area contributed by atoms with Crippen LogP contribution in [0.3, 0.4) is 0 Å². The van der Waals surface area contributed by atoms with Crippen molar-refractivity contribution >= 4 is 0 Å². The summed E-state index contributed by atoms with van der Waals surface area (Å²) in [5, 5.41) is 31.0. The van der Waals surface area contributed by atoms with Gasteiger partial charge in [-0.15, -0.1) is 0 Å². The second-order valence-electron chi connectivity index (χ2n) is 8.03. The van der Waals surface area contributed by atoms with E-state index in [2.05, 4.69) is 0 Å². The molecule has 1 heterocycles. The van der Waals surface area contributed by atoms with Crippen molar-refractivity contribution in [2.75, 3.05) is 19.7 Å². The lowest BCUT2D eigenvalue weighted by Gasteiger charge is -2.46. The first-order valence-electron chi connectivity index (χ1n) is 10.4. The molecule has 29 heavy (non-hydrogen) atoms. The third kappa shape index (κ3) is 6.28. The van der Waals surface area contributed by atoms with Crippen molar-refractivity contribution in [2.45, 2.75) is 93.1 Å². The molecule has 11 nitrogen and oxygen atoms in total. The Kier molecular flexibility index (Phi) is 10.1. The first-order valence-corrected chi connectivity index (χ1v) is 10.4. The maximum atomic E-state index is 10.7. The summed E-state index contributed by atoms with van der Waals surface area (Å²) < 4.78 is 17.4. The maximum Gasteiger partial charge on any atom is 0.176 e. The van der Waals surface area contributed by atoms with Crippen LogP contribution < -0.4 is 28.7 Å². The summed E-state index contributed by atoms with van der Waals surface area (Å²) in [5.74, 6) is 0. The second-order valence-corrected chi connectivity index (χ2v) is 8.03. The highest BCUT2D eigenvalue weighted by Crippen LogP contribution is 2.28. The third-order valence-corrected chi connectivity index (χ3v) is 5.74. The molecule has 2 fully saturated rings. The van der Waals surface area contributed by atoms with E-state index in [1.807, 2.05) is 0 Å². The van der Waals surface area contributed by atoms with E-state index in [1.54, 1.807) is 0 Å². The van der Waals surface area contributed by atoms with Crippen LogP contribution in [0.2, 0.25) is 0 Å². The van der Waals surface area contributed by atoms with Crippen molar-refractivity contribution < 1.29 is 29.5 Å². The Labute approximate surface area is 171 Å². The van der Waals surface area contributed by atoms with Gasteiger partial charge in [0, 0.05) is 25.2 Å². The number of ether oxygens (including phenoxy) is 3. The Morgan fingerprint density at radius 3 is 2.17 bits per heavy atom. The van der Waals surface area contributed by atoms with Gasteiger partial charge in [0.25, 0.3) is 0 Å². The molecule has 1 aliphatic heterocycles. The van der Waals surface area contributed by atoms with Gasteiger partial charge >= 0.3 is 0 Å². The Morgan fingerprint density at radius 2 is 1.52 bits per heavy atom. The Bertz CT molecular complexity index is 476. The molecule has 0 spiro atoms. The Hall–Kier alpha value is -0.440. The minimum atomic E-state index is -1.29. The molecular weight excluding hydrogens is 382 g/mol. The predicted molar refractivity (Wildman–Crippen MR) is 106 cm³/mol. The van der Waals surface area contributed by atoms with Crippen molar-refractivity contribution in [1.29, 1.82) is 0 Å². The minimum Gasteiger partial charge on any atom is -0.389 e. The smallest absolute Gasteiger partial charge is 0.176 e. The van der Waals surface area contributed by atoms with E-state index < -0.39 is 61.0 Å². The lowest BCUT2D eigenvalue weighted by molar-refractivity contribution is -0.293. The van der Waals surface area contributed by atoms with Crippen molar-refractivity contribution in [3.05, 3.63) is 0 Å². The molecule has 0 radical (unpaired) electrons. The normalized spacial score (nSPS) is 43.4. The zero-order chi connectivity index (χ0) is 21.6. The number of hydrogen-bond donors (Lipinski definition) is 8. The van der Waals surface area contributed by atoms with E-state index in [0.717, 1.165) is 25.7 Å². The summed E-state index contributed by atoms with van der Waals surface area (Å²) >= 11 is 0. The molecule has 1 saturated carbocycles. The SMILES string of the molecule is NCCCCCCO[C@H]1[C@H](O)[C@@H](N)[C@@H](OC2C(N)CC(N)C(O)C2O)O[C@@H]1CN. The van der Waals surface area contributed by atoms with Crippen molar-refractivity contribution in [3.8, 4) is 0 Å². The Balaban J connectivity index is 1.92. The summed E-state index contributed by atoms with van der Waals surface area (Å²) in [6, 6.07) is -2.20. The van der Waals surface area contributed by atoms with Gasteiger partial charge in [-0.25, -0.2) is 0 Å². The van der Waals surface area contributed by atoms with Crippen LogP contribution in [0.25, 0.3) is 0 Å². The quantitative estimate of drug-likeness (QED) is 0.161. The van der Waals surface area contributed by atoms with Gasteiger partial charge in [0.1, 0.15) is 30.5 Å². The molecule has 5 unspecified atom stereocenters. The number of hydrogen-bond acceptors (Lipinski definition) is 11. The molecule has 0 aromatic carbocycles. The van der Waals surface area contributed by atoms with Crippen molar-refractivity contribution in [1.82, 2.24) is 0 Å². The molecule has 2 rings (SSSR count). The van der Waals surface area contributed by atoms with Crippen LogP contribution in [0.4, 0.5) is 0 Å². The molecule has 1 saturated heterocycles. The first-order chi connectivity index (χ1) is 13.8. The summed E-state index contributed by atoms with van der Waals surface area (Å²) in [5.41, 5.74) is 29.2. The first kappa shape index (κ1) is 24.8. The van der Waals surface area contributed by atoms with Crippen LogP contribution in [0.5, 0.6) is 0 Å². The zero-order valence-corrected chi connectivity index (χ0v) is 16.9. The fraction of sp³-hybridized carbons (Fsp3) is 1.00. The monoisotopic (exact) mass is 421 g/mol. The molecular formula is C18H39N5O6. The fourth-order valence-corrected chi connectivity index (χ4v) is 3.90. The molecule has 11 heteroatoms. The maximum absolute atomic E-state index is 10.7. The average Bonchev–Trinajstić information content (AvgIpc) is 2.70. The number of rotatable bonds is 10. The number of aliphatic hydroxyl groups excluding tert-OH is 3. The molecule has 10 atom stereocenters. The molecule has 0 bridgehead atoms. The van der Waals surface area contributed by atoms with E-state index in [0.29, 0.717) is 13.2 Å². The topological polar surface area (TPSA) is 218 Å². The second kappa shape index (κ2) is 11.8. The van der Waals surface area contributed by atoms with E-state index in [1.165, 1.54) is 0 Å². The molecule has 1 aliphatic carbocycles. The number of aliphatic hydroxyl groups is 3. The highest BCUT2D eigenvalue weighted by molar-refractivity contribution is 4.99. The number of nitrogens with two attached hydrogens (primary N) is 5. The van der Waals surface area contributed by atoms with Gasteiger partial charge in [-0.3, -0.25) is 0 Å². The van der Waals surface area contributed by atoms with Gasteiger partial charge in [-0.2, -0.15) is 0 Å². The van der Waals surface area contributed by atoms with Crippen LogP contribution in [-0.4, -0.2) is 96.1 Å². The molecule has 13 N–H and O–H groups in total. The van der Waals surface area contributed by atoms with Gasteiger partial charge in [0.2, 0.25) is 0 Å². The van der Waals surface area contributed by atoms with Crippen LogP contribution in [0, 0.1) is 0 Å². The highest BCUT2D eigenvalue weighted by Gasteiger charge is 2.48. The van der Waals surface area contributed by atoms with E-state index in [9.17, 15) is 15.3 Å². The lowest BCUT2D eigenvalue weighted by Crippen LogP contribution is -2.67. The summed E-state index contributed by atoms with van der Waals surface area (Å²) in [6.07, 6.45) is -2.79. The highest BCUT2D eigenvalue weighted by atomic mass is 16.7. The lowest BCUT2D eigenvalue weighted by atomic mass is 9.84. The van der Waals surface area contributed by atoms with Crippen LogP contribution in [0.15, 0.2) is 0 Å². The third-order valence-electron chi connectivity index (χ3n) is 5.74. The predicted octanol–water partition coefficient (Wildman–Crippen LogP) is -3.57. The van der Waals surface area contributed by atoms with Gasteiger partial charge in [0.15, 0.2) is 6.29 Å². The average molecular weight is 422 g/mol. The molecule has 2 aliphatic rings. The van der Waals surface area contributed by atoms with Gasteiger partial charge in [0.05, 0.1) is 12.1 Å². The van der Waals surface area contributed by atoms with E-state index >= 15 is 0 Å². The fourth-order valence-electron chi connectivity index (χ4n) is 3.90. The summed E-state index contributed by atoms with van der Waals surface area (Å²) in [7, 11) is 0. The van der Waals surface area contributed by atoms with Gasteiger partial charge < -0.3 is 58.2 Å². The van der Waals surface area contributed by atoms with Gasteiger partial charge in [-0.05, 0) is 25.8 Å².